The monoisotopic (exact) mass is 323 g/mol. The molecule has 0 radical (unpaired) electrons. The average Bonchev–Trinajstić information content (AvgIpc) is 3.04. The van der Waals surface area contributed by atoms with Crippen molar-refractivity contribution < 1.29 is 9.53 Å². The maximum absolute atomic E-state index is 12.0. The van der Waals surface area contributed by atoms with Gasteiger partial charge in [-0.15, -0.1) is 0 Å². The van der Waals surface area contributed by atoms with Gasteiger partial charge in [-0.3, -0.25) is 0 Å². The zero-order valence-electron chi connectivity index (χ0n) is 13.0. The van der Waals surface area contributed by atoms with E-state index in [1.165, 1.54) is 16.9 Å². The van der Waals surface area contributed by atoms with Gasteiger partial charge < -0.3 is 4.74 Å². The molecule has 0 fully saturated rings. The van der Waals surface area contributed by atoms with Gasteiger partial charge in [0.15, 0.2) is 0 Å². The van der Waals surface area contributed by atoms with Crippen LogP contribution in [0.2, 0.25) is 0 Å². The third kappa shape index (κ3) is 3.66. The normalized spacial score (nSPS) is 10.7. The highest BCUT2D eigenvalue weighted by Crippen LogP contribution is 2.28. The summed E-state index contributed by atoms with van der Waals surface area (Å²) < 4.78 is 5.33. The van der Waals surface area contributed by atoms with Crippen LogP contribution in [-0.4, -0.2) is 11.0 Å². The Morgan fingerprint density at radius 3 is 2.39 bits per heavy atom. The Hall–Kier alpha value is -2.46. The molecule has 0 aliphatic heterocycles. The summed E-state index contributed by atoms with van der Waals surface area (Å²) in [6, 6.07) is 17.2. The third-order valence-corrected chi connectivity index (χ3v) is 4.26. The maximum atomic E-state index is 12.0. The van der Waals surface area contributed by atoms with Crippen molar-refractivity contribution in [1.29, 1.82) is 0 Å². The first-order chi connectivity index (χ1) is 11.1. The quantitative estimate of drug-likeness (QED) is 0.623. The molecule has 3 aromatic rings. The highest BCUT2D eigenvalue weighted by Gasteiger charge is 2.12. The summed E-state index contributed by atoms with van der Waals surface area (Å²) in [6.07, 6.45) is 0. The summed E-state index contributed by atoms with van der Waals surface area (Å²) in [5.41, 5.74) is 3.65. The molecule has 1 aromatic heterocycles. The molecule has 3 rings (SSSR count). The van der Waals surface area contributed by atoms with Crippen LogP contribution in [0.4, 0.5) is 0 Å². The van der Waals surface area contributed by atoms with Crippen molar-refractivity contribution in [1.82, 2.24) is 4.98 Å². The summed E-state index contributed by atoms with van der Waals surface area (Å²) >= 11 is 1.32. The summed E-state index contributed by atoms with van der Waals surface area (Å²) in [5, 5.41) is 2.26. The number of benzene rings is 2. The highest BCUT2D eigenvalue weighted by molar-refractivity contribution is 7.11. The van der Waals surface area contributed by atoms with Crippen LogP contribution in [0.15, 0.2) is 60.0 Å². The zero-order chi connectivity index (χ0) is 16.2. The molecule has 4 heteroatoms. The van der Waals surface area contributed by atoms with Gasteiger partial charge in [-0.2, -0.15) is 0 Å². The van der Waals surface area contributed by atoms with Crippen LogP contribution < -0.4 is 4.74 Å². The van der Waals surface area contributed by atoms with E-state index in [4.69, 9.17) is 4.74 Å². The van der Waals surface area contributed by atoms with E-state index < -0.39 is 0 Å². The number of carbonyl (C=O) groups excluding carboxylic acids is 1. The Morgan fingerprint density at radius 1 is 1.04 bits per heavy atom. The fourth-order valence-electron chi connectivity index (χ4n) is 2.19. The number of hydrogen-bond acceptors (Lipinski definition) is 4. The lowest BCUT2D eigenvalue weighted by atomic mass is 10.0. The Morgan fingerprint density at radius 2 is 1.74 bits per heavy atom. The van der Waals surface area contributed by atoms with Gasteiger partial charge in [-0.05, 0) is 23.6 Å². The minimum Gasteiger partial charge on any atom is -0.394 e. The summed E-state index contributed by atoms with van der Waals surface area (Å²) in [7, 11) is 0. The van der Waals surface area contributed by atoms with Gasteiger partial charge in [0.2, 0.25) is 0 Å². The molecular formula is C19H17NO2S. The fraction of sp³-hybridized carbons (Fsp3) is 0.158. The van der Waals surface area contributed by atoms with Crippen molar-refractivity contribution in [2.75, 3.05) is 0 Å². The number of thiazole rings is 1. The van der Waals surface area contributed by atoms with E-state index in [0.717, 1.165) is 11.3 Å². The largest absolute Gasteiger partial charge is 0.394 e. The second-order valence-corrected chi connectivity index (χ2v) is 6.35. The molecule has 0 spiro atoms. The Kier molecular flexibility index (Phi) is 4.53. The van der Waals surface area contributed by atoms with E-state index in [0.29, 0.717) is 16.7 Å². The van der Waals surface area contributed by atoms with E-state index in [9.17, 15) is 4.79 Å². The fourth-order valence-corrected chi connectivity index (χ4v) is 2.86. The SMILES string of the molecule is CC(C)c1ccc(-c2csc(OC(=O)c3ccccc3)n2)cc1. The first-order valence-corrected chi connectivity index (χ1v) is 8.34. The molecule has 0 atom stereocenters. The van der Waals surface area contributed by atoms with Crippen molar-refractivity contribution in [2.24, 2.45) is 0 Å². The van der Waals surface area contributed by atoms with Crippen LogP contribution in [0, 0.1) is 0 Å². The predicted molar refractivity (Wildman–Crippen MR) is 93.0 cm³/mol. The molecule has 0 saturated carbocycles. The molecule has 1 heterocycles. The van der Waals surface area contributed by atoms with E-state index in [1.807, 2.05) is 23.6 Å². The first-order valence-electron chi connectivity index (χ1n) is 7.46. The molecule has 0 amide bonds. The number of aromatic nitrogens is 1. The number of esters is 1. The molecule has 2 aromatic carbocycles. The predicted octanol–water partition coefficient (Wildman–Crippen LogP) is 5.15. The van der Waals surface area contributed by atoms with Crippen molar-refractivity contribution >= 4 is 17.3 Å². The molecule has 0 N–H and O–H groups in total. The Balaban J connectivity index is 1.74. The van der Waals surface area contributed by atoms with E-state index in [2.05, 4.69) is 31.0 Å². The summed E-state index contributed by atoms with van der Waals surface area (Å²) in [6.45, 7) is 4.33. The van der Waals surface area contributed by atoms with E-state index in [1.54, 1.807) is 24.3 Å². The lowest BCUT2D eigenvalue weighted by Crippen LogP contribution is -2.07. The van der Waals surface area contributed by atoms with Gasteiger partial charge in [0.05, 0.1) is 11.3 Å². The minimum atomic E-state index is -0.387. The van der Waals surface area contributed by atoms with Gasteiger partial charge in [-0.1, -0.05) is 67.6 Å². The number of ether oxygens (including phenoxy) is 1. The summed E-state index contributed by atoms with van der Waals surface area (Å²) in [5.74, 6) is 0.114. The number of carbonyl (C=O) groups is 1. The second kappa shape index (κ2) is 6.75. The van der Waals surface area contributed by atoms with Gasteiger partial charge in [0.1, 0.15) is 0 Å². The van der Waals surface area contributed by atoms with Crippen molar-refractivity contribution in [3.8, 4) is 16.5 Å². The van der Waals surface area contributed by atoms with Gasteiger partial charge in [0.25, 0.3) is 5.19 Å². The molecule has 0 aliphatic rings. The molecule has 0 unspecified atom stereocenters. The second-order valence-electron chi connectivity index (χ2n) is 5.53. The third-order valence-electron chi connectivity index (χ3n) is 3.55. The first kappa shape index (κ1) is 15.4. The molecule has 0 saturated heterocycles. The van der Waals surface area contributed by atoms with Gasteiger partial charge in [0, 0.05) is 10.9 Å². The lowest BCUT2D eigenvalue weighted by Gasteiger charge is -2.05. The van der Waals surface area contributed by atoms with Gasteiger partial charge in [-0.25, -0.2) is 9.78 Å². The van der Waals surface area contributed by atoms with E-state index >= 15 is 0 Å². The minimum absolute atomic E-state index is 0.363. The number of nitrogens with zero attached hydrogens (tertiary/aromatic N) is 1. The van der Waals surface area contributed by atoms with Crippen LogP contribution in [0.1, 0.15) is 35.7 Å². The topological polar surface area (TPSA) is 39.2 Å². The smallest absolute Gasteiger partial charge is 0.345 e. The van der Waals surface area contributed by atoms with Crippen LogP contribution in [0.3, 0.4) is 0 Å². The number of rotatable bonds is 4. The standard InChI is InChI=1S/C19H17NO2S/c1-13(2)14-8-10-15(11-9-14)17-12-23-19(20-17)22-18(21)16-6-4-3-5-7-16/h3-13H,1-2H3. The van der Waals surface area contributed by atoms with Crippen LogP contribution in [-0.2, 0) is 0 Å². The average molecular weight is 323 g/mol. The zero-order valence-corrected chi connectivity index (χ0v) is 13.8. The molecule has 3 nitrogen and oxygen atoms in total. The Labute approximate surface area is 139 Å². The van der Waals surface area contributed by atoms with Crippen LogP contribution in [0.25, 0.3) is 11.3 Å². The molecule has 0 bridgehead atoms. The van der Waals surface area contributed by atoms with Crippen molar-refractivity contribution in [2.45, 2.75) is 19.8 Å². The van der Waals surface area contributed by atoms with Crippen molar-refractivity contribution in [3.05, 3.63) is 71.1 Å². The molecule has 116 valence electrons. The van der Waals surface area contributed by atoms with E-state index in [-0.39, 0.29) is 5.97 Å². The maximum Gasteiger partial charge on any atom is 0.345 e. The van der Waals surface area contributed by atoms with Crippen LogP contribution in [0.5, 0.6) is 5.19 Å². The summed E-state index contributed by atoms with van der Waals surface area (Å²) in [4.78, 5) is 16.4. The lowest BCUT2D eigenvalue weighted by molar-refractivity contribution is 0.0734. The Bertz CT molecular complexity index is 792. The van der Waals surface area contributed by atoms with Crippen LogP contribution >= 0.6 is 11.3 Å². The number of hydrogen-bond donors (Lipinski definition) is 0. The molecule has 0 aliphatic carbocycles. The van der Waals surface area contributed by atoms with Gasteiger partial charge >= 0.3 is 5.97 Å². The molecular weight excluding hydrogens is 306 g/mol. The molecule has 23 heavy (non-hydrogen) atoms. The van der Waals surface area contributed by atoms with Crippen molar-refractivity contribution in [3.63, 3.8) is 0 Å². The highest BCUT2D eigenvalue weighted by atomic mass is 32.1.